The smallest absolute Gasteiger partial charge is 0.276 e. The van der Waals surface area contributed by atoms with Gasteiger partial charge in [-0.05, 0) is 42.0 Å². The van der Waals surface area contributed by atoms with E-state index in [0.717, 1.165) is 17.7 Å². The van der Waals surface area contributed by atoms with Crippen molar-refractivity contribution in [3.63, 3.8) is 0 Å². The summed E-state index contributed by atoms with van der Waals surface area (Å²) in [6.07, 6.45) is 3.37. The van der Waals surface area contributed by atoms with E-state index in [1.807, 2.05) is 12.1 Å². The number of nitrogens with one attached hydrogen (secondary N) is 2. The fourth-order valence-corrected chi connectivity index (χ4v) is 2.02. The van der Waals surface area contributed by atoms with E-state index >= 15 is 0 Å². The SMILES string of the molecule is O=C(Nc1ccc(F)cc1F)c1ccc(NCc2ccncc2)nn1. The number of carbonyl (C=O) groups excluding carboxylic acids is 1. The third kappa shape index (κ3) is 4.31. The van der Waals surface area contributed by atoms with Gasteiger partial charge in [-0.3, -0.25) is 9.78 Å². The van der Waals surface area contributed by atoms with Gasteiger partial charge in [0, 0.05) is 25.0 Å². The molecule has 3 aromatic rings. The van der Waals surface area contributed by atoms with Crippen LogP contribution in [-0.4, -0.2) is 21.1 Å². The van der Waals surface area contributed by atoms with E-state index in [4.69, 9.17) is 0 Å². The Labute approximate surface area is 141 Å². The van der Waals surface area contributed by atoms with Crippen molar-refractivity contribution >= 4 is 17.4 Å². The molecule has 6 nitrogen and oxygen atoms in total. The van der Waals surface area contributed by atoms with Crippen molar-refractivity contribution in [3.8, 4) is 0 Å². The minimum atomic E-state index is -0.864. The van der Waals surface area contributed by atoms with Crippen molar-refractivity contribution in [1.82, 2.24) is 15.2 Å². The van der Waals surface area contributed by atoms with Crippen molar-refractivity contribution < 1.29 is 13.6 Å². The Balaban J connectivity index is 1.62. The molecule has 0 bridgehead atoms. The van der Waals surface area contributed by atoms with Gasteiger partial charge < -0.3 is 10.6 Å². The summed E-state index contributed by atoms with van der Waals surface area (Å²) in [6.45, 7) is 0.531. The lowest BCUT2D eigenvalue weighted by atomic mass is 10.2. The lowest BCUT2D eigenvalue weighted by Crippen LogP contribution is -2.15. The largest absolute Gasteiger partial charge is 0.365 e. The third-order valence-corrected chi connectivity index (χ3v) is 3.30. The molecule has 0 fully saturated rings. The number of carbonyl (C=O) groups is 1. The summed E-state index contributed by atoms with van der Waals surface area (Å²) in [4.78, 5) is 16.0. The fourth-order valence-electron chi connectivity index (χ4n) is 2.02. The van der Waals surface area contributed by atoms with Crippen LogP contribution in [0.3, 0.4) is 0 Å². The lowest BCUT2D eigenvalue weighted by Gasteiger charge is -2.07. The summed E-state index contributed by atoms with van der Waals surface area (Å²) in [6, 6.07) is 9.65. The van der Waals surface area contributed by atoms with E-state index in [1.54, 1.807) is 18.5 Å². The average Bonchev–Trinajstić information content (AvgIpc) is 2.63. The van der Waals surface area contributed by atoms with E-state index in [1.165, 1.54) is 6.07 Å². The van der Waals surface area contributed by atoms with Crippen molar-refractivity contribution in [3.05, 3.63) is 77.8 Å². The van der Waals surface area contributed by atoms with Gasteiger partial charge in [0.15, 0.2) is 5.69 Å². The highest BCUT2D eigenvalue weighted by molar-refractivity contribution is 6.02. The molecule has 126 valence electrons. The standard InChI is InChI=1S/C17H13F2N5O/c18-12-1-2-14(13(19)9-12)22-17(25)15-3-4-16(24-23-15)21-10-11-5-7-20-8-6-11/h1-9H,10H2,(H,21,24)(H,22,25). The first-order valence-electron chi connectivity index (χ1n) is 7.35. The molecule has 2 heterocycles. The van der Waals surface area contributed by atoms with E-state index in [2.05, 4.69) is 25.8 Å². The summed E-state index contributed by atoms with van der Waals surface area (Å²) >= 11 is 0. The number of nitrogens with zero attached hydrogens (tertiary/aromatic N) is 3. The van der Waals surface area contributed by atoms with Gasteiger partial charge in [-0.15, -0.1) is 10.2 Å². The normalized spacial score (nSPS) is 10.3. The topological polar surface area (TPSA) is 79.8 Å². The van der Waals surface area contributed by atoms with Crippen LogP contribution in [0.4, 0.5) is 20.3 Å². The zero-order valence-corrected chi connectivity index (χ0v) is 12.9. The number of benzene rings is 1. The summed E-state index contributed by atoms with van der Waals surface area (Å²) in [5.41, 5.74) is 0.900. The number of anilines is 2. The maximum absolute atomic E-state index is 13.5. The molecule has 1 aromatic carbocycles. The Kier molecular flexibility index (Phi) is 4.89. The van der Waals surface area contributed by atoms with Crippen LogP contribution in [0.15, 0.2) is 54.9 Å². The van der Waals surface area contributed by atoms with Crippen LogP contribution in [0.5, 0.6) is 0 Å². The van der Waals surface area contributed by atoms with Crippen LogP contribution >= 0.6 is 0 Å². The van der Waals surface area contributed by atoms with Crippen LogP contribution in [0.2, 0.25) is 0 Å². The molecule has 2 N–H and O–H groups in total. The zero-order valence-electron chi connectivity index (χ0n) is 12.9. The second-order valence-electron chi connectivity index (χ2n) is 5.09. The van der Waals surface area contributed by atoms with Gasteiger partial charge in [0.1, 0.15) is 17.5 Å². The number of hydrogen-bond donors (Lipinski definition) is 2. The molecule has 0 radical (unpaired) electrons. The lowest BCUT2D eigenvalue weighted by molar-refractivity contribution is 0.102. The molecule has 0 spiro atoms. The van der Waals surface area contributed by atoms with Gasteiger partial charge in [-0.25, -0.2) is 8.78 Å². The van der Waals surface area contributed by atoms with Crippen LogP contribution in [0.25, 0.3) is 0 Å². The van der Waals surface area contributed by atoms with E-state index in [-0.39, 0.29) is 11.4 Å². The first-order valence-corrected chi connectivity index (χ1v) is 7.35. The van der Waals surface area contributed by atoms with Crippen molar-refractivity contribution in [2.45, 2.75) is 6.54 Å². The average molecular weight is 341 g/mol. The number of hydrogen-bond acceptors (Lipinski definition) is 5. The molecule has 0 aliphatic rings. The fraction of sp³-hybridized carbons (Fsp3) is 0.0588. The second kappa shape index (κ2) is 7.43. The molecular weight excluding hydrogens is 328 g/mol. The Morgan fingerprint density at radius 2 is 1.80 bits per heavy atom. The number of halogens is 2. The Morgan fingerprint density at radius 1 is 1.00 bits per heavy atom. The number of pyridine rings is 1. The molecule has 25 heavy (non-hydrogen) atoms. The van der Waals surface area contributed by atoms with Crippen LogP contribution in [0.1, 0.15) is 16.1 Å². The Hall–Kier alpha value is -3.42. The van der Waals surface area contributed by atoms with Gasteiger partial charge in [0.05, 0.1) is 5.69 Å². The van der Waals surface area contributed by atoms with Crippen LogP contribution < -0.4 is 10.6 Å². The van der Waals surface area contributed by atoms with E-state index in [0.29, 0.717) is 18.4 Å². The van der Waals surface area contributed by atoms with E-state index in [9.17, 15) is 13.6 Å². The molecular formula is C17H13F2N5O. The Morgan fingerprint density at radius 3 is 2.48 bits per heavy atom. The monoisotopic (exact) mass is 341 g/mol. The van der Waals surface area contributed by atoms with Gasteiger partial charge in [0.25, 0.3) is 5.91 Å². The first-order chi connectivity index (χ1) is 12.1. The van der Waals surface area contributed by atoms with Crippen molar-refractivity contribution in [1.29, 1.82) is 0 Å². The molecule has 0 aliphatic heterocycles. The number of aromatic nitrogens is 3. The predicted molar refractivity (Wildman–Crippen MR) is 87.9 cm³/mol. The van der Waals surface area contributed by atoms with E-state index < -0.39 is 17.5 Å². The summed E-state index contributed by atoms with van der Waals surface area (Å²) in [5, 5.41) is 13.1. The summed E-state index contributed by atoms with van der Waals surface area (Å²) in [7, 11) is 0. The van der Waals surface area contributed by atoms with Gasteiger partial charge >= 0.3 is 0 Å². The summed E-state index contributed by atoms with van der Waals surface area (Å²) in [5.74, 6) is -1.74. The summed E-state index contributed by atoms with van der Waals surface area (Å²) < 4.78 is 26.4. The quantitative estimate of drug-likeness (QED) is 0.746. The number of rotatable bonds is 5. The number of amides is 1. The molecule has 0 saturated carbocycles. The molecule has 0 aliphatic carbocycles. The maximum Gasteiger partial charge on any atom is 0.276 e. The van der Waals surface area contributed by atoms with Gasteiger partial charge in [0.2, 0.25) is 0 Å². The molecule has 8 heteroatoms. The van der Waals surface area contributed by atoms with Crippen molar-refractivity contribution in [2.24, 2.45) is 0 Å². The highest BCUT2D eigenvalue weighted by Gasteiger charge is 2.12. The molecule has 2 aromatic heterocycles. The highest BCUT2D eigenvalue weighted by Crippen LogP contribution is 2.16. The van der Waals surface area contributed by atoms with Gasteiger partial charge in [-0.2, -0.15) is 0 Å². The minimum Gasteiger partial charge on any atom is -0.365 e. The molecule has 0 unspecified atom stereocenters. The maximum atomic E-state index is 13.5. The second-order valence-corrected chi connectivity index (χ2v) is 5.09. The minimum absolute atomic E-state index is 0.0122. The predicted octanol–water partition coefficient (Wildman–Crippen LogP) is 3.01. The van der Waals surface area contributed by atoms with Crippen LogP contribution in [0, 0.1) is 11.6 Å². The van der Waals surface area contributed by atoms with Crippen molar-refractivity contribution in [2.75, 3.05) is 10.6 Å². The highest BCUT2D eigenvalue weighted by atomic mass is 19.1. The molecule has 0 atom stereocenters. The first kappa shape index (κ1) is 16.4. The zero-order chi connectivity index (χ0) is 17.6. The third-order valence-electron chi connectivity index (χ3n) is 3.30. The molecule has 0 saturated heterocycles. The Bertz CT molecular complexity index is 872. The molecule has 1 amide bonds. The van der Waals surface area contributed by atoms with Gasteiger partial charge in [-0.1, -0.05) is 0 Å². The molecule has 3 rings (SSSR count). The van der Waals surface area contributed by atoms with Crippen LogP contribution in [-0.2, 0) is 6.54 Å².